The summed E-state index contributed by atoms with van der Waals surface area (Å²) >= 11 is 0. The van der Waals surface area contributed by atoms with Crippen LogP contribution in [0.2, 0.25) is 0 Å². The first kappa shape index (κ1) is 20.0. The minimum Gasteiger partial charge on any atom is -0.489 e. The molecule has 1 saturated carbocycles. The van der Waals surface area contributed by atoms with E-state index in [9.17, 15) is 9.59 Å². The Kier molecular flexibility index (Phi) is 5.90. The monoisotopic (exact) mass is 397 g/mol. The normalized spacial score (nSPS) is 27.4. The van der Waals surface area contributed by atoms with Gasteiger partial charge >= 0.3 is 0 Å². The molecule has 4 rings (SSSR count). The lowest BCUT2D eigenvalue weighted by atomic mass is 10.0. The highest BCUT2D eigenvalue weighted by molar-refractivity contribution is 6.01. The summed E-state index contributed by atoms with van der Waals surface area (Å²) in [6.45, 7) is 7.35. The molecule has 0 aromatic heterocycles. The van der Waals surface area contributed by atoms with E-state index in [4.69, 9.17) is 4.74 Å². The number of benzene rings is 1. The molecular weight excluding hydrogens is 366 g/mol. The van der Waals surface area contributed by atoms with Gasteiger partial charge in [0.25, 0.3) is 5.91 Å². The molecule has 3 atom stereocenters. The van der Waals surface area contributed by atoms with E-state index in [1.165, 1.54) is 19.3 Å². The third-order valence-electron chi connectivity index (χ3n) is 6.31. The van der Waals surface area contributed by atoms with Crippen LogP contribution in [0.25, 0.3) is 0 Å². The number of ether oxygens (including phenoxy) is 1. The van der Waals surface area contributed by atoms with Crippen LogP contribution in [0.1, 0.15) is 67.8 Å². The van der Waals surface area contributed by atoms with Gasteiger partial charge in [0.1, 0.15) is 17.9 Å². The van der Waals surface area contributed by atoms with Crippen LogP contribution in [0.15, 0.2) is 30.5 Å². The quantitative estimate of drug-likeness (QED) is 0.749. The minimum atomic E-state index is -0.426. The zero-order chi connectivity index (χ0) is 20.4. The molecule has 1 saturated heterocycles. The van der Waals surface area contributed by atoms with Crippen molar-refractivity contribution >= 4 is 11.8 Å². The Bertz CT molecular complexity index is 807. The van der Waals surface area contributed by atoms with E-state index in [-0.39, 0.29) is 17.9 Å². The number of amides is 2. The Morgan fingerprint density at radius 1 is 1.21 bits per heavy atom. The van der Waals surface area contributed by atoms with Crippen LogP contribution < -0.4 is 15.4 Å². The third-order valence-corrected chi connectivity index (χ3v) is 6.31. The lowest BCUT2D eigenvalue weighted by Gasteiger charge is -2.30. The molecule has 1 aromatic rings. The van der Waals surface area contributed by atoms with Gasteiger partial charge in [-0.3, -0.25) is 9.59 Å². The smallest absolute Gasteiger partial charge is 0.255 e. The van der Waals surface area contributed by atoms with Gasteiger partial charge in [0.05, 0.1) is 0 Å². The Balaban J connectivity index is 1.48. The average molecular weight is 398 g/mol. The molecule has 0 bridgehead atoms. The Hall–Kier alpha value is -2.34. The van der Waals surface area contributed by atoms with Crippen LogP contribution >= 0.6 is 0 Å². The molecule has 1 aliphatic carbocycles. The maximum Gasteiger partial charge on any atom is 0.255 e. The summed E-state index contributed by atoms with van der Waals surface area (Å²) in [7, 11) is 0. The summed E-state index contributed by atoms with van der Waals surface area (Å²) < 4.78 is 6.39. The Morgan fingerprint density at radius 3 is 2.83 bits per heavy atom. The molecule has 2 fully saturated rings. The Morgan fingerprint density at radius 2 is 2.03 bits per heavy atom. The van der Waals surface area contributed by atoms with E-state index in [0.717, 1.165) is 36.4 Å². The number of rotatable bonds is 5. The number of hydrogen-bond donors (Lipinski definition) is 2. The maximum absolute atomic E-state index is 12.9. The molecule has 0 spiro atoms. The number of carbonyl (C=O) groups excluding carboxylic acids is 2. The van der Waals surface area contributed by atoms with Crippen LogP contribution in [0.4, 0.5) is 0 Å². The largest absolute Gasteiger partial charge is 0.489 e. The van der Waals surface area contributed by atoms with Gasteiger partial charge in [0.15, 0.2) is 0 Å². The number of nitrogens with zero attached hydrogens (tertiary/aromatic N) is 1. The van der Waals surface area contributed by atoms with Gasteiger partial charge in [-0.25, -0.2) is 0 Å². The van der Waals surface area contributed by atoms with Crippen LogP contribution in [0.3, 0.4) is 0 Å². The molecule has 6 heteroatoms. The maximum atomic E-state index is 12.9. The molecule has 156 valence electrons. The number of piperidine rings is 1. The van der Waals surface area contributed by atoms with Crippen molar-refractivity contribution in [2.75, 3.05) is 6.54 Å². The number of likely N-dealkylation sites (N-methyl/N-ethyl adjacent to an activating group) is 1. The highest BCUT2D eigenvalue weighted by Gasteiger charge is 2.38. The van der Waals surface area contributed by atoms with Gasteiger partial charge in [0.2, 0.25) is 5.91 Å². The van der Waals surface area contributed by atoms with Crippen molar-refractivity contribution in [1.29, 1.82) is 0 Å². The molecular formula is C23H31N3O3. The lowest BCUT2D eigenvalue weighted by Crippen LogP contribution is -2.49. The van der Waals surface area contributed by atoms with Crippen molar-refractivity contribution in [2.24, 2.45) is 0 Å². The number of hydrogen-bond acceptors (Lipinski definition) is 4. The SMILES string of the molecule is C=C1CCC(N2Cc3cc(O[C@H]4CCCCC[C@@H]4NCC)ccc3C2=O)C(=O)N1. The molecule has 2 aliphatic heterocycles. The first-order chi connectivity index (χ1) is 14.1. The highest BCUT2D eigenvalue weighted by atomic mass is 16.5. The molecule has 3 aliphatic rings. The van der Waals surface area contributed by atoms with Gasteiger partial charge in [-0.2, -0.15) is 0 Å². The van der Waals surface area contributed by atoms with E-state index in [1.54, 1.807) is 4.90 Å². The van der Waals surface area contributed by atoms with Crippen LogP contribution in [0.5, 0.6) is 5.75 Å². The van der Waals surface area contributed by atoms with E-state index >= 15 is 0 Å². The van der Waals surface area contributed by atoms with E-state index < -0.39 is 6.04 Å². The van der Waals surface area contributed by atoms with Crippen LogP contribution in [-0.4, -0.2) is 41.4 Å². The topological polar surface area (TPSA) is 70.7 Å². The van der Waals surface area contributed by atoms with Gasteiger partial charge in [-0.15, -0.1) is 0 Å². The number of nitrogens with one attached hydrogen (secondary N) is 2. The summed E-state index contributed by atoms with van der Waals surface area (Å²) in [4.78, 5) is 26.9. The second-order valence-electron chi connectivity index (χ2n) is 8.36. The second kappa shape index (κ2) is 8.57. The Labute approximate surface area is 172 Å². The molecule has 6 nitrogen and oxygen atoms in total. The van der Waals surface area contributed by atoms with Crippen molar-refractivity contribution in [3.63, 3.8) is 0 Å². The molecule has 29 heavy (non-hydrogen) atoms. The number of fused-ring (bicyclic) bond motifs is 1. The average Bonchev–Trinajstić information content (AvgIpc) is 2.86. The second-order valence-corrected chi connectivity index (χ2v) is 8.36. The first-order valence-corrected chi connectivity index (χ1v) is 10.9. The van der Waals surface area contributed by atoms with E-state index in [1.807, 2.05) is 18.2 Å². The zero-order valence-corrected chi connectivity index (χ0v) is 17.2. The van der Waals surface area contributed by atoms with Crippen molar-refractivity contribution in [3.05, 3.63) is 41.6 Å². The molecule has 2 amide bonds. The van der Waals surface area contributed by atoms with Crippen molar-refractivity contribution in [3.8, 4) is 5.75 Å². The van der Waals surface area contributed by atoms with Gasteiger partial charge in [0, 0.05) is 23.8 Å². The molecule has 2 N–H and O–H groups in total. The van der Waals surface area contributed by atoms with Gasteiger partial charge in [-0.1, -0.05) is 26.3 Å². The predicted molar refractivity (Wildman–Crippen MR) is 112 cm³/mol. The molecule has 0 radical (unpaired) electrons. The van der Waals surface area contributed by atoms with Crippen LogP contribution in [-0.2, 0) is 11.3 Å². The molecule has 2 heterocycles. The van der Waals surface area contributed by atoms with E-state index in [2.05, 4.69) is 24.1 Å². The van der Waals surface area contributed by atoms with E-state index in [0.29, 0.717) is 31.0 Å². The predicted octanol–water partition coefficient (Wildman–Crippen LogP) is 3.12. The minimum absolute atomic E-state index is 0.0702. The van der Waals surface area contributed by atoms with Crippen molar-refractivity contribution < 1.29 is 14.3 Å². The summed E-state index contributed by atoms with van der Waals surface area (Å²) in [6, 6.07) is 5.68. The zero-order valence-electron chi connectivity index (χ0n) is 17.2. The summed E-state index contributed by atoms with van der Waals surface area (Å²) in [5, 5.41) is 6.36. The fourth-order valence-corrected chi connectivity index (χ4v) is 4.79. The molecule has 1 aromatic carbocycles. The number of carbonyl (C=O) groups is 2. The number of allylic oxidation sites excluding steroid dienone is 1. The standard InChI is InChI=1S/C23H31N3O3/c1-3-24-19-7-5-4-6-8-21(19)29-17-10-11-18-16(13-17)14-26(23(18)28)20-12-9-15(2)25-22(20)27/h10-11,13,19-21,24H,2-9,12,14H2,1H3,(H,25,27)/t19-,20?,21-/m0/s1. The summed E-state index contributed by atoms with van der Waals surface area (Å²) in [5.41, 5.74) is 2.35. The molecule has 1 unspecified atom stereocenters. The summed E-state index contributed by atoms with van der Waals surface area (Å²) in [5.74, 6) is 0.611. The van der Waals surface area contributed by atoms with Gasteiger partial charge < -0.3 is 20.3 Å². The highest BCUT2D eigenvalue weighted by Crippen LogP contribution is 2.32. The van der Waals surface area contributed by atoms with Crippen molar-refractivity contribution in [1.82, 2.24) is 15.5 Å². The third kappa shape index (κ3) is 4.17. The van der Waals surface area contributed by atoms with Crippen molar-refractivity contribution in [2.45, 2.75) is 76.6 Å². The van der Waals surface area contributed by atoms with Gasteiger partial charge in [-0.05, 0) is 62.4 Å². The first-order valence-electron chi connectivity index (χ1n) is 10.9. The fraction of sp³-hybridized carbons (Fsp3) is 0.565. The fourth-order valence-electron chi connectivity index (χ4n) is 4.79. The lowest BCUT2D eigenvalue weighted by molar-refractivity contribution is -0.126. The van der Waals surface area contributed by atoms with Crippen LogP contribution in [0, 0.1) is 0 Å². The summed E-state index contributed by atoms with van der Waals surface area (Å²) in [6.07, 6.45) is 7.35.